The van der Waals surface area contributed by atoms with E-state index in [1.54, 1.807) is 11.8 Å². The molecular weight excluding hydrogens is 316 g/mol. The lowest BCUT2D eigenvalue weighted by Gasteiger charge is -2.32. The number of hydrogen-bond acceptors (Lipinski definition) is 5. The monoisotopic (exact) mass is 336 g/mol. The van der Waals surface area contributed by atoms with E-state index in [1.165, 1.54) is 11.3 Å². The quantitative estimate of drug-likeness (QED) is 0.805. The van der Waals surface area contributed by atoms with Crippen LogP contribution in [0.1, 0.15) is 42.0 Å². The van der Waals surface area contributed by atoms with Gasteiger partial charge in [-0.05, 0) is 26.0 Å². The number of imidazole rings is 1. The topological polar surface area (TPSA) is 51.0 Å². The molecule has 1 fully saturated rings. The zero-order chi connectivity index (χ0) is 15.5. The lowest BCUT2D eigenvalue weighted by Crippen LogP contribution is -2.39. The van der Waals surface area contributed by atoms with Gasteiger partial charge < -0.3 is 9.47 Å². The maximum absolute atomic E-state index is 12.6. The highest BCUT2D eigenvalue weighted by Gasteiger charge is 2.28. The van der Waals surface area contributed by atoms with E-state index in [0.717, 1.165) is 42.6 Å². The molecule has 1 aliphatic heterocycles. The molecule has 5 nitrogen and oxygen atoms in total. The smallest absolute Gasteiger partial charge is 0.273 e. The Labute approximate surface area is 138 Å². The van der Waals surface area contributed by atoms with Gasteiger partial charge in [-0.1, -0.05) is 11.8 Å². The van der Waals surface area contributed by atoms with E-state index in [4.69, 9.17) is 0 Å². The van der Waals surface area contributed by atoms with E-state index in [0.29, 0.717) is 11.6 Å². The minimum Gasteiger partial charge on any atom is -0.337 e. The predicted octanol–water partition coefficient (Wildman–Crippen LogP) is 3.10. The van der Waals surface area contributed by atoms with Crippen molar-refractivity contribution in [3.05, 3.63) is 29.3 Å². The van der Waals surface area contributed by atoms with Crippen LogP contribution in [0.5, 0.6) is 0 Å². The normalized spacial score (nSPS) is 18.6. The van der Waals surface area contributed by atoms with E-state index in [-0.39, 0.29) is 5.91 Å². The third-order valence-corrected chi connectivity index (χ3v) is 5.90. The van der Waals surface area contributed by atoms with Crippen LogP contribution < -0.4 is 0 Å². The molecule has 118 valence electrons. The third kappa shape index (κ3) is 3.05. The molecule has 7 heteroatoms. The number of aromatic nitrogens is 3. The highest BCUT2D eigenvalue weighted by Crippen LogP contribution is 2.27. The second-order valence-electron chi connectivity index (χ2n) is 5.36. The van der Waals surface area contributed by atoms with Gasteiger partial charge in [-0.3, -0.25) is 4.79 Å². The van der Waals surface area contributed by atoms with E-state index >= 15 is 0 Å². The maximum atomic E-state index is 12.6. The second-order valence-corrected chi connectivity index (χ2v) is 7.28. The van der Waals surface area contributed by atoms with Crippen molar-refractivity contribution in [1.29, 1.82) is 0 Å². The molecule has 0 aliphatic carbocycles. The largest absolute Gasteiger partial charge is 0.337 e. The fourth-order valence-electron chi connectivity index (χ4n) is 2.93. The van der Waals surface area contributed by atoms with Gasteiger partial charge in [0.1, 0.15) is 15.9 Å². The number of hydrogen-bond donors (Lipinski definition) is 0. The number of carbonyl (C=O) groups is 1. The number of nitrogens with zero attached hydrogens (tertiary/aromatic N) is 4. The predicted molar refractivity (Wildman–Crippen MR) is 89.7 cm³/mol. The average molecular weight is 336 g/mol. The highest BCUT2D eigenvalue weighted by molar-refractivity contribution is 8.00. The fourth-order valence-corrected chi connectivity index (χ4v) is 4.17. The molecule has 0 N–H and O–H groups in total. The van der Waals surface area contributed by atoms with Crippen molar-refractivity contribution in [2.45, 2.75) is 36.6 Å². The summed E-state index contributed by atoms with van der Waals surface area (Å²) in [6.07, 6.45) is 7.96. The molecule has 1 saturated heterocycles. The molecule has 22 heavy (non-hydrogen) atoms. The van der Waals surface area contributed by atoms with Crippen LogP contribution in [0, 0.1) is 0 Å². The number of likely N-dealkylation sites (tertiary alicyclic amines) is 1. The standard InChI is InChI=1S/C15H20N4OS2/c1-3-18-8-6-16-13(18)11-5-4-7-19(9-11)14(20)12-10-22-15(17-12)21-2/h6,8,10-11H,3-5,7,9H2,1-2H3. The summed E-state index contributed by atoms with van der Waals surface area (Å²) in [5.74, 6) is 1.48. The van der Waals surface area contributed by atoms with Gasteiger partial charge in [-0.25, -0.2) is 9.97 Å². The van der Waals surface area contributed by atoms with E-state index in [2.05, 4.69) is 21.5 Å². The Bertz CT molecular complexity index is 652. The van der Waals surface area contributed by atoms with Gasteiger partial charge in [0.2, 0.25) is 0 Å². The van der Waals surface area contributed by atoms with Crippen molar-refractivity contribution in [3.63, 3.8) is 0 Å². The van der Waals surface area contributed by atoms with Crippen LogP contribution in [0.25, 0.3) is 0 Å². The van der Waals surface area contributed by atoms with Crippen molar-refractivity contribution in [1.82, 2.24) is 19.4 Å². The molecule has 1 atom stereocenters. The van der Waals surface area contributed by atoms with Gasteiger partial charge in [-0.15, -0.1) is 11.3 Å². The van der Waals surface area contributed by atoms with E-state index in [1.807, 2.05) is 28.9 Å². The van der Waals surface area contributed by atoms with E-state index < -0.39 is 0 Å². The Kier molecular flexibility index (Phi) is 4.83. The zero-order valence-corrected chi connectivity index (χ0v) is 14.5. The Balaban J connectivity index is 1.74. The zero-order valence-electron chi connectivity index (χ0n) is 12.9. The van der Waals surface area contributed by atoms with Crippen LogP contribution in [0.3, 0.4) is 0 Å². The Morgan fingerprint density at radius 2 is 2.41 bits per heavy atom. The lowest BCUT2D eigenvalue weighted by atomic mass is 9.97. The van der Waals surface area contributed by atoms with Crippen molar-refractivity contribution < 1.29 is 4.79 Å². The summed E-state index contributed by atoms with van der Waals surface area (Å²) in [4.78, 5) is 23.5. The molecule has 2 aromatic heterocycles. The SMILES string of the molecule is CCn1ccnc1C1CCCN(C(=O)c2csc(SC)n2)C1. The molecule has 0 spiro atoms. The average Bonchev–Trinajstić information content (AvgIpc) is 3.23. The summed E-state index contributed by atoms with van der Waals surface area (Å²) in [6, 6.07) is 0. The van der Waals surface area contributed by atoms with Crippen LogP contribution >= 0.6 is 23.1 Å². The van der Waals surface area contributed by atoms with Crippen molar-refractivity contribution >= 4 is 29.0 Å². The minimum atomic E-state index is 0.0517. The highest BCUT2D eigenvalue weighted by atomic mass is 32.2. The molecule has 3 rings (SSSR count). The van der Waals surface area contributed by atoms with Gasteiger partial charge in [0.05, 0.1) is 0 Å². The summed E-state index contributed by atoms with van der Waals surface area (Å²) in [5, 5.41) is 1.87. The maximum Gasteiger partial charge on any atom is 0.273 e. The van der Waals surface area contributed by atoms with Crippen LogP contribution in [0.2, 0.25) is 0 Å². The van der Waals surface area contributed by atoms with Gasteiger partial charge in [-0.2, -0.15) is 0 Å². The summed E-state index contributed by atoms with van der Waals surface area (Å²) < 4.78 is 3.12. The lowest BCUT2D eigenvalue weighted by molar-refractivity contribution is 0.0697. The molecule has 0 radical (unpaired) electrons. The molecule has 0 saturated carbocycles. The number of piperidine rings is 1. The molecule has 1 aliphatic rings. The third-order valence-electron chi connectivity index (χ3n) is 4.04. The fraction of sp³-hybridized carbons (Fsp3) is 0.533. The Morgan fingerprint density at radius 3 is 3.14 bits per heavy atom. The minimum absolute atomic E-state index is 0.0517. The van der Waals surface area contributed by atoms with Gasteiger partial charge in [0, 0.05) is 43.3 Å². The van der Waals surface area contributed by atoms with Crippen LogP contribution in [0.15, 0.2) is 22.1 Å². The Morgan fingerprint density at radius 1 is 1.55 bits per heavy atom. The number of aryl methyl sites for hydroxylation is 1. The Hall–Kier alpha value is -1.34. The summed E-state index contributed by atoms with van der Waals surface area (Å²) in [7, 11) is 0. The van der Waals surface area contributed by atoms with E-state index in [9.17, 15) is 4.79 Å². The van der Waals surface area contributed by atoms with Crippen LogP contribution in [-0.4, -0.2) is 44.7 Å². The molecule has 3 heterocycles. The van der Waals surface area contributed by atoms with Crippen molar-refractivity contribution in [2.24, 2.45) is 0 Å². The first-order chi connectivity index (χ1) is 10.7. The first kappa shape index (κ1) is 15.6. The molecule has 0 aromatic carbocycles. The summed E-state index contributed by atoms with van der Waals surface area (Å²) in [5.41, 5.74) is 0.578. The molecule has 0 bridgehead atoms. The molecule has 1 amide bonds. The van der Waals surface area contributed by atoms with Gasteiger partial charge in [0.15, 0.2) is 0 Å². The second kappa shape index (κ2) is 6.83. The molecule has 2 aromatic rings. The van der Waals surface area contributed by atoms with Crippen LogP contribution in [0.4, 0.5) is 0 Å². The van der Waals surface area contributed by atoms with Gasteiger partial charge >= 0.3 is 0 Å². The number of thioether (sulfide) groups is 1. The molecule has 1 unspecified atom stereocenters. The van der Waals surface area contributed by atoms with Crippen molar-refractivity contribution in [2.75, 3.05) is 19.3 Å². The first-order valence-corrected chi connectivity index (χ1v) is 9.63. The van der Waals surface area contributed by atoms with Gasteiger partial charge in [0.25, 0.3) is 5.91 Å². The number of thiazole rings is 1. The number of amides is 1. The molecular formula is C15H20N4OS2. The number of rotatable bonds is 4. The summed E-state index contributed by atoms with van der Waals surface area (Å²) in [6.45, 7) is 4.59. The van der Waals surface area contributed by atoms with Crippen LogP contribution in [-0.2, 0) is 6.54 Å². The summed E-state index contributed by atoms with van der Waals surface area (Å²) >= 11 is 3.11. The van der Waals surface area contributed by atoms with Crippen molar-refractivity contribution in [3.8, 4) is 0 Å². The first-order valence-electron chi connectivity index (χ1n) is 7.52. The number of carbonyl (C=O) groups excluding carboxylic acids is 1.